The van der Waals surface area contributed by atoms with Crippen molar-refractivity contribution in [3.63, 3.8) is 0 Å². The summed E-state index contributed by atoms with van der Waals surface area (Å²) in [4.78, 5) is 22.6. The number of ketones is 1. The predicted octanol–water partition coefficient (Wildman–Crippen LogP) is 2.50. The molecule has 0 unspecified atom stereocenters. The van der Waals surface area contributed by atoms with E-state index in [1.807, 2.05) is 0 Å². The fourth-order valence-electron chi connectivity index (χ4n) is 4.25. The topological polar surface area (TPSA) is 43.4 Å². The maximum atomic E-state index is 11.5. The first-order valence-corrected chi connectivity index (χ1v) is 6.82. The van der Waals surface area contributed by atoms with E-state index in [0.29, 0.717) is 29.2 Å². The molecule has 2 aliphatic carbocycles. The first-order valence-electron chi connectivity index (χ1n) is 6.82. The molecule has 0 N–H and O–H groups in total. The van der Waals surface area contributed by atoms with Crippen LogP contribution in [0.5, 0.6) is 0 Å². The number of ether oxygens (including phenoxy) is 1. The Bertz CT molecular complexity index is 439. The molecule has 3 nitrogen and oxygen atoms in total. The van der Waals surface area contributed by atoms with Crippen molar-refractivity contribution in [3.05, 3.63) is 12.2 Å². The van der Waals surface area contributed by atoms with E-state index in [1.165, 1.54) is 0 Å². The van der Waals surface area contributed by atoms with Crippen molar-refractivity contribution < 1.29 is 14.3 Å². The molecule has 18 heavy (non-hydrogen) atoms. The van der Waals surface area contributed by atoms with Crippen LogP contribution in [-0.2, 0) is 14.3 Å². The maximum absolute atomic E-state index is 11.5. The van der Waals surface area contributed by atoms with Gasteiger partial charge in [-0.05, 0) is 43.4 Å². The summed E-state index contributed by atoms with van der Waals surface area (Å²) in [5, 5.41) is 0. The van der Waals surface area contributed by atoms with Crippen molar-refractivity contribution >= 4 is 11.8 Å². The van der Waals surface area contributed by atoms with E-state index in [-0.39, 0.29) is 23.8 Å². The van der Waals surface area contributed by atoms with E-state index >= 15 is 0 Å². The molecule has 0 amide bonds. The highest BCUT2D eigenvalue weighted by atomic mass is 16.6. The van der Waals surface area contributed by atoms with Gasteiger partial charge < -0.3 is 9.53 Å². The molecule has 0 aromatic rings. The van der Waals surface area contributed by atoms with E-state index in [1.54, 1.807) is 6.92 Å². The molecule has 1 heterocycles. The minimum absolute atomic E-state index is 0.0496. The molecule has 3 heteroatoms. The monoisotopic (exact) mass is 248 g/mol. The highest BCUT2D eigenvalue weighted by molar-refractivity contribution is 5.90. The van der Waals surface area contributed by atoms with Crippen molar-refractivity contribution in [1.82, 2.24) is 0 Å². The lowest BCUT2D eigenvalue weighted by atomic mass is 9.79. The number of carbonyl (C=O) groups is 2. The maximum Gasteiger partial charge on any atom is 0.334 e. The second-order valence-electron chi connectivity index (χ2n) is 6.47. The zero-order valence-electron chi connectivity index (χ0n) is 11.1. The van der Waals surface area contributed by atoms with Gasteiger partial charge in [0.05, 0.1) is 0 Å². The van der Waals surface area contributed by atoms with Crippen LogP contribution in [-0.4, -0.2) is 17.9 Å². The lowest BCUT2D eigenvalue weighted by Gasteiger charge is -2.27. The quantitative estimate of drug-likeness (QED) is 0.569. The molecule has 98 valence electrons. The van der Waals surface area contributed by atoms with Crippen LogP contribution >= 0.6 is 0 Å². The van der Waals surface area contributed by atoms with E-state index in [4.69, 9.17) is 4.74 Å². The van der Waals surface area contributed by atoms with Gasteiger partial charge in [-0.2, -0.15) is 0 Å². The van der Waals surface area contributed by atoms with Gasteiger partial charge >= 0.3 is 5.97 Å². The second-order valence-corrected chi connectivity index (χ2v) is 6.47. The molecule has 0 radical (unpaired) electrons. The molecule has 1 aliphatic heterocycles. The molecule has 0 aromatic heterocycles. The van der Waals surface area contributed by atoms with Crippen LogP contribution in [0.1, 0.15) is 39.5 Å². The Morgan fingerprint density at radius 1 is 1.56 bits per heavy atom. The average molecular weight is 248 g/mol. The lowest BCUT2D eigenvalue weighted by molar-refractivity contribution is -0.140. The first kappa shape index (κ1) is 11.9. The molecular formula is C15H20O3. The van der Waals surface area contributed by atoms with Crippen LogP contribution < -0.4 is 0 Å². The van der Waals surface area contributed by atoms with E-state index in [0.717, 1.165) is 19.3 Å². The summed E-state index contributed by atoms with van der Waals surface area (Å²) in [5.41, 5.74) is 0.959. The summed E-state index contributed by atoms with van der Waals surface area (Å²) in [6.45, 7) is 7.81. The van der Waals surface area contributed by atoms with Gasteiger partial charge in [0, 0.05) is 17.9 Å². The number of hydrogen-bond donors (Lipinski definition) is 0. The third-order valence-corrected chi connectivity index (χ3v) is 5.44. The predicted molar refractivity (Wildman–Crippen MR) is 66.7 cm³/mol. The molecule has 3 fully saturated rings. The van der Waals surface area contributed by atoms with Crippen LogP contribution in [0.25, 0.3) is 0 Å². The number of carbonyl (C=O) groups excluding carboxylic acids is 2. The smallest absolute Gasteiger partial charge is 0.334 e. The van der Waals surface area contributed by atoms with E-state index < -0.39 is 0 Å². The van der Waals surface area contributed by atoms with Gasteiger partial charge in [0.2, 0.25) is 0 Å². The molecule has 0 aromatic carbocycles. The molecule has 3 rings (SSSR count). The average Bonchev–Trinajstić information content (AvgIpc) is 2.77. The summed E-state index contributed by atoms with van der Waals surface area (Å²) < 4.78 is 5.41. The van der Waals surface area contributed by atoms with Gasteiger partial charge in [-0.15, -0.1) is 0 Å². The van der Waals surface area contributed by atoms with Gasteiger partial charge in [0.25, 0.3) is 0 Å². The van der Waals surface area contributed by atoms with E-state index in [9.17, 15) is 9.59 Å². The molecule has 0 spiro atoms. The lowest BCUT2D eigenvalue weighted by Crippen LogP contribution is -2.26. The van der Waals surface area contributed by atoms with Gasteiger partial charge in [-0.1, -0.05) is 13.5 Å². The summed E-state index contributed by atoms with van der Waals surface area (Å²) in [5.74, 6) is 1.61. The zero-order valence-corrected chi connectivity index (χ0v) is 11.1. The van der Waals surface area contributed by atoms with Crippen LogP contribution in [0.15, 0.2) is 12.2 Å². The summed E-state index contributed by atoms with van der Waals surface area (Å²) in [6.07, 6.45) is 3.71. The van der Waals surface area contributed by atoms with Crippen molar-refractivity contribution in [1.29, 1.82) is 0 Å². The molecule has 2 saturated carbocycles. The van der Waals surface area contributed by atoms with Gasteiger partial charge in [0.15, 0.2) is 0 Å². The SMILES string of the molecule is C=C1C(=O)O[C@@H]2C[C@@]3(C)[C@@H](CCC(C)=O)[C@@H]3C[C@H]12. The summed E-state index contributed by atoms with van der Waals surface area (Å²) in [7, 11) is 0. The Morgan fingerprint density at radius 3 is 2.94 bits per heavy atom. The fourth-order valence-corrected chi connectivity index (χ4v) is 4.25. The van der Waals surface area contributed by atoms with Crippen molar-refractivity contribution in [2.45, 2.75) is 45.6 Å². The molecule has 3 aliphatic rings. The fraction of sp³-hybridized carbons (Fsp3) is 0.733. The number of Topliss-reactive ketones (excluding diaryl/α,β-unsaturated/α-hetero) is 1. The Kier molecular flexibility index (Phi) is 2.45. The number of fused-ring (bicyclic) bond motifs is 2. The molecular weight excluding hydrogens is 228 g/mol. The van der Waals surface area contributed by atoms with Crippen LogP contribution in [0, 0.1) is 23.2 Å². The Hall–Kier alpha value is -1.12. The highest BCUT2D eigenvalue weighted by Gasteiger charge is 2.66. The largest absolute Gasteiger partial charge is 0.458 e. The third-order valence-electron chi connectivity index (χ3n) is 5.44. The minimum Gasteiger partial charge on any atom is -0.458 e. The molecule has 0 bridgehead atoms. The zero-order chi connectivity index (χ0) is 13.1. The molecule has 1 saturated heterocycles. The number of rotatable bonds is 3. The Balaban J connectivity index is 1.69. The first-order chi connectivity index (χ1) is 8.43. The van der Waals surface area contributed by atoms with Crippen molar-refractivity contribution in [2.24, 2.45) is 23.2 Å². The minimum atomic E-state index is -0.199. The van der Waals surface area contributed by atoms with Gasteiger partial charge in [-0.25, -0.2) is 4.79 Å². The molecule has 5 atom stereocenters. The Labute approximate surface area is 108 Å². The van der Waals surface area contributed by atoms with E-state index in [2.05, 4.69) is 13.5 Å². The number of hydrogen-bond acceptors (Lipinski definition) is 3. The summed E-state index contributed by atoms with van der Waals surface area (Å²) in [6, 6.07) is 0. The van der Waals surface area contributed by atoms with Crippen LogP contribution in [0.3, 0.4) is 0 Å². The number of esters is 1. The van der Waals surface area contributed by atoms with Crippen molar-refractivity contribution in [2.75, 3.05) is 0 Å². The third kappa shape index (κ3) is 1.56. The normalized spacial score (nSPS) is 45.2. The van der Waals surface area contributed by atoms with Crippen LogP contribution in [0.4, 0.5) is 0 Å². The Morgan fingerprint density at radius 2 is 2.28 bits per heavy atom. The van der Waals surface area contributed by atoms with Gasteiger partial charge in [0.1, 0.15) is 11.9 Å². The van der Waals surface area contributed by atoms with Gasteiger partial charge in [-0.3, -0.25) is 0 Å². The highest BCUT2D eigenvalue weighted by Crippen LogP contribution is 2.70. The van der Waals surface area contributed by atoms with Crippen molar-refractivity contribution in [3.8, 4) is 0 Å². The summed E-state index contributed by atoms with van der Waals surface area (Å²) >= 11 is 0. The van der Waals surface area contributed by atoms with Crippen LogP contribution in [0.2, 0.25) is 0 Å². The standard InChI is InChI=1S/C15H20O3/c1-8(16)4-5-11-12-6-10-9(2)14(17)18-13(10)7-15(11,12)3/h10-13H,2,4-7H2,1,3H3/t10-,11+,12+,13-,15+/m1/s1. The second kappa shape index (κ2) is 3.69.